The lowest BCUT2D eigenvalue weighted by molar-refractivity contribution is 0.0625. The standard InChI is InChI=1S/C14H12N6OS/c21-14(9-1-2-11-12(5-9)19-22-18-11)20-6-10(7-20)17-13-3-4-15-8-16-13/h1-5,8,10H,6-7H2,(H,15,16,17). The quantitative estimate of drug-likeness (QED) is 0.787. The summed E-state index contributed by atoms with van der Waals surface area (Å²) in [6, 6.07) is 7.48. The van der Waals surface area contributed by atoms with Crippen LogP contribution in [0.15, 0.2) is 36.8 Å². The highest BCUT2D eigenvalue weighted by molar-refractivity contribution is 7.00. The van der Waals surface area contributed by atoms with E-state index in [9.17, 15) is 4.79 Å². The number of likely N-dealkylation sites (tertiary alicyclic amines) is 1. The van der Waals surface area contributed by atoms with Crippen molar-refractivity contribution in [3.05, 3.63) is 42.4 Å². The van der Waals surface area contributed by atoms with Gasteiger partial charge in [-0.2, -0.15) is 8.75 Å². The van der Waals surface area contributed by atoms with Crippen LogP contribution >= 0.6 is 11.7 Å². The van der Waals surface area contributed by atoms with E-state index in [1.165, 1.54) is 6.33 Å². The van der Waals surface area contributed by atoms with Crippen LogP contribution in [-0.2, 0) is 0 Å². The zero-order valence-corrected chi connectivity index (χ0v) is 12.3. The van der Waals surface area contributed by atoms with Gasteiger partial charge in [0.25, 0.3) is 5.91 Å². The van der Waals surface area contributed by atoms with Gasteiger partial charge in [0.05, 0.1) is 17.8 Å². The molecule has 8 heteroatoms. The van der Waals surface area contributed by atoms with Crippen molar-refractivity contribution in [1.29, 1.82) is 0 Å². The van der Waals surface area contributed by atoms with Crippen LogP contribution in [0.4, 0.5) is 5.82 Å². The van der Waals surface area contributed by atoms with Crippen molar-refractivity contribution in [2.75, 3.05) is 18.4 Å². The highest BCUT2D eigenvalue weighted by Gasteiger charge is 2.31. The average Bonchev–Trinajstić information content (AvgIpc) is 2.98. The third-order valence-electron chi connectivity index (χ3n) is 3.60. The van der Waals surface area contributed by atoms with Crippen molar-refractivity contribution in [3.8, 4) is 0 Å². The fraction of sp³-hybridized carbons (Fsp3) is 0.214. The zero-order chi connectivity index (χ0) is 14.9. The van der Waals surface area contributed by atoms with Gasteiger partial charge < -0.3 is 10.2 Å². The highest BCUT2D eigenvalue weighted by Crippen LogP contribution is 2.19. The molecule has 0 saturated carbocycles. The van der Waals surface area contributed by atoms with Crippen molar-refractivity contribution in [3.63, 3.8) is 0 Å². The molecule has 4 rings (SSSR count). The SMILES string of the molecule is O=C(c1ccc2nsnc2c1)N1CC(Nc2ccncn2)C1. The van der Waals surface area contributed by atoms with Crippen LogP contribution < -0.4 is 5.32 Å². The highest BCUT2D eigenvalue weighted by atomic mass is 32.1. The first kappa shape index (κ1) is 13.1. The Labute approximate surface area is 130 Å². The second-order valence-electron chi connectivity index (χ2n) is 5.11. The summed E-state index contributed by atoms with van der Waals surface area (Å²) in [5.41, 5.74) is 2.25. The van der Waals surface area contributed by atoms with Gasteiger partial charge in [-0.15, -0.1) is 0 Å². The predicted octanol–water partition coefficient (Wildman–Crippen LogP) is 1.42. The minimum Gasteiger partial charge on any atom is -0.364 e. The molecular weight excluding hydrogens is 300 g/mol. The molecule has 7 nitrogen and oxygen atoms in total. The minimum absolute atomic E-state index is 0.0237. The van der Waals surface area contributed by atoms with Crippen LogP contribution in [0, 0.1) is 0 Å². The molecule has 1 aromatic carbocycles. The normalized spacial score (nSPS) is 14.8. The third-order valence-corrected chi connectivity index (χ3v) is 4.16. The summed E-state index contributed by atoms with van der Waals surface area (Å²) < 4.78 is 8.31. The Bertz CT molecular complexity index is 814. The minimum atomic E-state index is 0.0237. The topological polar surface area (TPSA) is 83.9 Å². The van der Waals surface area contributed by atoms with Gasteiger partial charge in [0.15, 0.2) is 0 Å². The van der Waals surface area contributed by atoms with Gasteiger partial charge in [-0.1, -0.05) is 0 Å². The van der Waals surface area contributed by atoms with Crippen LogP contribution in [-0.4, -0.2) is 48.7 Å². The summed E-state index contributed by atoms with van der Waals surface area (Å²) in [7, 11) is 0. The number of amides is 1. The maximum Gasteiger partial charge on any atom is 0.254 e. The Balaban J connectivity index is 1.40. The molecule has 3 heterocycles. The van der Waals surface area contributed by atoms with E-state index in [1.54, 1.807) is 23.2 Å². The molecule has 0 unspecified atom stereocenters. The number of carbonyl (C=O) groups excluding carboxylic acids is 1. The summed E-state index contributed by atoms with van der Waals surface area (Å²) in [4.78, 5) is 22.2. The summed E-state index contributed by atoms with van der Waals surface area (Å²) in [5.74, 6) is 0.803. The predicted molar refractivity (Wildman–Crippen MR) is 82.8 cm³/mol. The molecule has 1 aliphatic rings. The molecule has 2 aromatic heterocycles. The lowest BCUT2D eigenvalue weighted by Gasteiger charge is -2.39. The molecule has 110 valence electrons. The first-order chi connectivity index (χ1) is 10.8. The number of benzene rings is 1. The number of anilines is 1. The molecule has 22 heavy (non-hydrogen) atoms. The molecule has 1 saturated heterocycles. The number of rotatable bonds is 3. The molecule has 3 aromatic rings. The van der Waals surface area contributed by atoms with Crippen LogP contribution in [0.2, 0.25) is 0 Å². The Morgan fingerprint density at radius 2 is 2.09 bits per heavy atom. The van der Waals surface area contributed by atoms with Crippen LogP contribution in [0.25, 0.3) is 11.0 Å². The van der Waals surface area contributed by atoms with E-state index in [4.69, 9.17) is 0 Å². The van der Waals surface area contributed by atoms with Crippen molar-refractivity contribution in [2.45, 2.75) is 6.04 Å². The first-order valence-electron chi connectivity index (χ1n) is 6.84. The summed E-state index contributed by atoms with van der Waals surface area (Å²) in [6.07, 6.45) is 3.19. The fourth-order valence-electron chi connectivity index (χ4n) is 2.42. The van der Waals surface area contributed by atoms with E-state index in [0.717, 1.165) is 28.6 Å². The van der Waals surface area contributed by atoms with Crippen molar-refractivity contribution in [2.24, 2.45) is 0 Å². The fourth-order valence-corrected chi connectivity index (χ4v) is 2.94. The monoisotopic (exact) mass is 312 g/mol. The number of nitrogens with one attached hydrogen (secondary N) is 1. The second-order valence-corrected chi connectivity index (χ2v) is 5.64. The molecule has 0 aliphatic carbocycles. The lowest BCUT2D eigenvalue weighted by atomic mass is 10.1. The molecule has 0 atom stereocenters. The zero-order valence-electron chi connectivity index (χ0n) is 11.5. The van der Waals surface area contributed by atoms with Gasteiger partial charge in [0.2, 0.25) is 0 Å². The molecular formula is C14H12N6OS. The van der Waals surface area contributed by atoms with Gasteiger partial charge in [-0.25, -0.2) is 9.97 Å². The number of nitrogens with zero attached hydrogens (tertiary/aromatic N) is 5. The average molecular weight is 312 g/mol. The van der Waals surface area contributed by atoms with Crippen LogP contribution in [0.1, 0.15) is 10.4 Å². The summed E-state index contributed by atoms with van der Waals surface area (Å²) in [6.45, 7) is 1.33. The van der Waals surface area contributed by atoms with E-state index in [-0.39, 0.29) is 11.9 Å². The van der Waals surface area contributed by atoms with Gasteiger partial charge in [0.1, 0.15) is 23.2 Å². The molecule has 1 amide bonds. The van der Waals surface area contributed by atoms with E-state index >= 15 is 0 Å². The van der Waals surface area contributed by atoms with E-state index in [1.807, 2.05) is 12.1 Å². The Kier molecular flexibility index (Phi) is 3.15. The first-order valence-corrected chi connectivity index (χ1v) is 7.57. The Morgan fingerprint density at radius 1 is 1.23 bits per heavy atom. The lowest BCUT2D eigenvalue weighted by Crippen LogP contribution is -2.57. The summed E-state index contributed by atoms with van der Waals surface area (Å²) in [5, 5.41) is 3.27. The number of hydrogen-bond acceptors (Lipinski definition) is 7. The van der Waals surface area contributed by atoms with Crippen molar-refractivity contribution < 1.29 is 4.79 Å². The van der Waals surface area contributed by atoms with Crippen LogP contribution in [0.5, 0.6) is 0 Å². The van der Waals surface area contributed by atoms with E-state index < -0.39 is 0 Å². The molecule has 1 fully saturated rings. The maximum atomic E-state index is 12.4. The van der Waals surface area contributed by atoms with E-state index in [0.29, 0.717) is 18.7 Å². The molecule has 1 N–H and O–H groups in total. The van der Waals surface area contributed by atoms with E-state index in [2.05, 4.69) is 24.0 Å². The largest absolute Gasteiger partial charge is 0.364 e. The van der Waals surface area contributed by atoms with Gasteiger partial charge in [-0.3, -0.25) is 4.79 Å². The number of fused-ring (bicyclic) bond motifs is 1. The van der Waals surface area contributed by atoms with Gasteiger partial charge in [0, 0.05) is 24.8 Å². The molecule has 0 radical (unpaired) electrons. The molecule has 1 aliphatic heterocycles. The van der Waals surface area contributed by atoms with Crippen molar-refractivity contribution >= 4 is 34.5 Å². The molecule has 0 bridgehead atoms. The van der Waals surface area contributed by atoms with Crippen molar-refractivity contribution in [1.82, 2.24) is 23.6 Å². The third kappa shape index (κ3) is 2.37. The summed E-state index contributed by atoms with van der Waals surface area (Å²) >= 11 is 1.16. The smallest absolute Gasteiger partial charge is 0.254 e. The van der Waals surface area contributed by atoms with Gasteiger partial charge >= 0.3 is 0 Å². The maximum absolute atomic E-state index is 12.4. The van der Waals surface area contributed by atoms with Gasteiger partial charge in [-0.05, 0) is 24.3 Å². The Morgan fingerprint density at radius 3 is 2.91 bits per heavy atom. The number of aromatic nitrogens is 4. The van der Waals surface area contributed by atoms with Crippen LogP contribution in [0.3, 0.4) is 0 Å². The Hall–Kier alpha value is -2.61. The molecule has 0 spiro atoms. The number of carbonyl (C=O) groups is 1. The number of hydrogen-bond donors (Lipinski definition) is 1. The second kappa shape index (κ2) is 5.30.